The van der Waals surface area contributed by atoms with Crippen LogP contribution in [0.1, 0.15) is 44.6 Å². The second-order valence-corrected chi connectivity index (χ2v) is 7.85. The van der Waals surface area contributed by atoms with Gasteiger partial charge >= 0.3 is 0 Å². The lowest BCUT2D eigenvalue weighted by molar-refractivity contribution is -0.0721. The average Bonchev–Trinajstić information content (AvgIpc) is 2.78. The zero-order valence-corrected chi connectivity index (χ0v) is 18.1. The Morgan fingerprint density at radius 3 is 2.83 bits per heavy atom. The average molecular weight is 404 g/mol. The number of nitrogens with zero attached hydrogens (tertiary/aromatic N) is 2. The van der Waals surface area contributed by atoms with Gasteiger partial charge in [-0.05, 0) is 63.1 Å². The molecular formula is C23H37N3O3. The fraction of sp³-hybridized carbons (Fsp3) is 0.696. The summed E-state index contributed by atoms with van der Waals surface area (Å²) in [6, 6.07) is 8.22. The van der Waals surface area contributed by atoms with Crippen LogP contribution in [0.3, 0.4) is 0 Å². The Balaban J connectivity index is 1.43. The van der Waals surface area contributed by atoms with Gasteiger partial charge in [0, 0.05) is 32.8 Å². The van der Waals surface area contributed by atoms with Gasteiger partial charge < -0.3 is 24.4 Å². The first-order valence-electron chi connectivity index (χ1n) is 11.2. The molecule has 3 rings (SSSR count). The summed E-state index contributed by atoms with van der Waals surface area (Å²) in [6.45, 7) is 7.39. The molecule has 0 spiro atoms. The SMILES string of the molecule is CCNC(=NCCc1cccc(OC)c1)N1CCC(OCC2CCCCO2)CC1. The molecule has 1 atom stereocenters. The molecule has 2 fully saturated rings. The number of nitrogens with one attached hydrogen (secondary N) is 1. The standard InChI is InChI=1S/C23H37N3O3/c1-3-24-23(25-13-10-19-7-6-9-21(17-19)27-2)26-14-11-20(12-15-26)29-18-22-8-4-5-16-28-22/h6-7,9,17,20,22H,3-5,8,10-16,18H2,1-2H3,(H,24,25). The van der Waals surface area contributed by atoms with Crippen LogP contribution < -0.4 is 10.1 Å². The lowest BCUT2D eigenvalue weighted by Gasteiger charge is -2.35. The molecule has 0 aliphatic carbocycles. The van der Waals surface area contributed by atoms with E-state index in [2.05, 4.69) is 29.3 Å². The third-order valence-corrected chi connectivity index (χ3v) is 5.66. The molecule has 1 aromatic rings. The van der Waals surface area contributed by atoms with E-state index in [0.717, 1.165) is 76.8 Å². The first-order chi connectivity index (χ1) is 14.3. The number of hydrogen-bond donors (Lipinski definition) is 1. The van der Waals surface area contributed by atoms with Crippen LogP contribution in [0, 0.1) is 0 Å². The Morgan fingerprint density at radius 2 is 2.10 bits per heavy atom. The van der Waals surface area contributed by atoms with Gasteiger partial charge in [-0.15, -0.1) is 0 Å². The number of methoxy groups -OCH3 is 1. The highest BCUT2D eigenvalue weighted by Crippen LogP contribution is 2.18. The van der Waals surface area contributed by atoms with E-state index in [1.807, 2.05) is 12.1 Å². The maximum atomic E-state index is 6.15. The quantitative estimate of drug-likeness (QED) is 0.533. The molecule has 0 aromatic heterocycles. The highest BCUT2D eigenvalue weighted by atomic mass is 16.5. The second-order valence-electron chi connectivity index (χ2n) is 7.85. The van der Waals surface area contributed by atoms with E-state index >= 15 is 0 Å². The summed E-state index contributed by atoms with van der Waals surface area (Å²) >= 11 is 0. The Morgan fingerprint density at radius 1 is 1.24 bits per heavy atom. The number of aliphatic imine (C=N–C) groups is 1. The maximum Gasteiger partial charge on any atom is 0.193 e. The molecule has 2 saturated heterocycles. The van der Waals surface area contributed by atoms with Crippen molar-refractivity contribution >= 4 is 5.96 Å². The zero-order chi connectivity index (χ0) is 20.3. The number of benzene rings is 1. The van der Waals surface area contributed by atoms with E-state index < -0.39 is 0 Å². The van der Waals surface area contributed by atoms with Crippen molar-refractivity contribution < 1.29 is 14.2 Å². The van der Waals surface area contributed by atoms with Crippen LogP contribution in [0.2, 0.25) is 0 Å². The van der Waals surface area contributed by atoms with Crippen molar-refractivity contribution in [2.45, 2.75) is 57.7 Å². The van der Waals surface area contributed by atoms with Gasteiger partial charge in [0.15, 0.2) is 5.96 Å². The van der Waals surface area contributed by atoms with E-state index in [-0.39, 0.29) is 0 Å². The molecule has 2 heterocycles. The van der Waals surface area contributed by atoms with Crippen LogP contribution in [0.25, 0.3) is 0 Å². The molecule has 2 aliphatic heterocycles. The minimum absolute atomic E-state index is 0.303. The van der Waals surface area contributed by atoms with Gasteiger partial charge in [-0.1, -0.05) is 12.1 Å². The van der Waals surface area contributed by atoms with Crippen LogP contribution >= 0.6 is 0 Å². The first-order valence-corrected chi connectivity index (χ1v) is 11.2. The summed E-state index contributed by atoms with van der Waals surface area (Å²) in [6.07, 6.45) is 7.26. The zero-order valence-electron chi connectivity index (χ0n) is 18.1. The number of hydrogen-bond acceptors (Lipinski definition) is 4. The summed E-state index contributed by atoms with van der Waals surface area (Å²) < 4.78 is 17.2. The van der Waals surface area contributed by atoms with Crippen LogP contribution in [0.4, 0.5) is 0 Å². The summed E-state index contributed by atoms with van der Waals surface area (Å²) in [5, 5.41) is 3.45. The fourth-order valence-corrected chi connectivity index (χ4v) is 3.96. The number of rotatable bonds is 8. The van der Waals surface area contributed by atoms with Gasteiger partial charge in [0.2, 0.25) is 0 Å². The molecule has 1 N–H and O–H groups in total. The van der Waals surface area contributed by atoms with Gasteiger partial charge in [-0.25, -0.2) is 0 Å². The Kier molecular flexibility index (Phi) is 9.09. The Bertz CT molecular complexity index is 624. The number of likely N-dealkylation sites (tertiary alicyclic amines) is 1. The summed E-state index contributed by atoms with van der Waals surface area (Å²) in [4.78, 5) is 7.23. The molecule has 0 amide bonds. The molecule has 6 nitrogen and oxygen atoms in total. The van der Waals surface area contributed by atoms with Crippen LogP contribution in [0.5, 0.6) is 5.75 Å². The number of guanidine groups is 1. The predicted octanol–water partition coefficient (Wildman–Crippen LogP) is 3.25. The highest BCUT2D eigenvalue weighted by Gasteiger charge is 2.23. The smallest absolute Gasteiger partial charge is 0.193 e. The maximum absolute atomic E-state index is 6.15. The molecule has 1 unspecified atom stereocenters. The van der Waals surface area contributed by atoms with E-state index in [0.29, 0.717) is 12.2 Å². The van der Waals surface area contributed by atoms with Crippen LogP contribution in [0.15, 0.2) is 29.3 Å². The molecule has 0 bridgehead atoms. The van der Waals surface area contributed by atoms with E-state index in [4.69, 9.17) is 19.2 Å². The lowest BCUT2D eigenvalue weighted by Crippen LogP contribution is -2.47. The normalized spacial score (nSPS) is 21.2. The number of ether oxygens (including phenoxy) is 3. The monoisotopic (exact) mass is 403 g/mol. The minimum Gasteiger partial charge on any atom is -0.497 e. The van der Waals surface area contributed by atoms with Crippen molar-refractivity contribution in [2.24, 2.45) is 4.99 Å². The van der Waals surface area contributed by atoms with Gasteiger partial charge in [0.1, 0.15) is 5.75 Å². The molecule has 6 heteroatoms. The summed E-state index contributed by atoms with van der Waals surface area (Å²) in [5.41, 5.74) is 1.25. The second kappa shape index (κ2) is 12.0. The van der Waals surface area contributed by atoms with E-state index in [9.17, 15) is 0 Å². The van der Waals surface area contributed by atoms with Gasteiger partial charge in [0.25, 0.3) is 0 Å². The van der Waals surface area contributed by atoms with Crippen LogP contribution in [-0.4, -0.2) is 69.6 Å². The van der Waals surface area contributed by atoms with Crippen molar-refractivity contribution in [3.05, 3.63) is 29.8 Å². The van der Waals surface area contributed by atoms with E-state index in [1.54, 1.807) is 7.11 Å². The minimum atomic E-state index is 0.303. The van der Waals surface area contributed by atoms with Crippen molar-refractivity contribution in [2.75, 3.05) is 46.5 Å². The number of piperidine rings is 1. The van der Waals surface area contributed by atoms with Gasteiger partial charge in [0.05, 0.1) is 25.9 Å². The first kappa shape index (κ1) is 21.9. The lowest BCUT2D eigenvalue weighted by atomic mass is 10.1. The fourth-order valence-electron chi connectivity index (χ4n) is 3.96. The van der Waals surface area contributed by atoms with Crippen molar-refractivity contribution in [3.63, 3.8) is 0 Å². The molecular weight excluding hydrogens is 366 g/mol. The molecule has 0 radical (unpaired) electrons. The van der Waals surface area contributed by atoms with Gasteiger partial charge in [-0.3, -0.25) is 4.99 Å². The molecule has 1 aromatic carbocycles. The Labute approximate surface area is 175 Å². The molecule has 0 saturated carbocycles. The van der Waals surface area contributed by atoms with Crippen molar-refractivity contribution in [3.8, 4) is 5.75 Å². The van der Waals surface area contributed by atoms with Crippen LogP contribution in [-0.2, 0) is 15.9 Å². The third-order valence-electron chi connectivity index (χ3n) is 5.66. The van der Waals surface area contributed by atoms with Gasteiger partial charge in [-0.2, -0.15) is 0 Å². The van der Waals surface area contributed by atoms with Crippen molar-refractivity contribution in [1.29, 1.82) is 0 Å². The topological polar surface area (TPSA) is 55.3 Å². The Hall–Kier alpha value is -1.79. The molecule has 162 valence electrons. The summed E-state index contributed by atoms with van der Waals surface area (Å²) in [7, 11) is 1.70. The largest absolute Gasteiger partial charge is 0.497 e. The molecule has 29 heavy (non-hydrogen) atoms. The molecule has 2 aliphatic rings. The predicted molar refractivity (Wildman–Crippen MR) is 117 cm³/mol. The van der Waals surface area contributed by atoms with Crippen molar-refractivity contribution in [1.82, 2.24) is 10.2 Å². The highest BCUT2D eigenvalue weighted by molar-refractivity contribution is 5.80. The summed E-state index contributed by atoms with van der Waals surface area (Å²) in [5.74, 6) is 1.92. The third kappa shape index (κ3) is 7.19. The van der Waals surface area contributed by atoms with E-state index in [1.165, 1.54) is 18.4 Å².